The number of phenols is 1. The number of benzene rings is 2. The maximum absolute atomic E-state index is 12.6. The van der Waals surface area contributed by atoms with Crippen LogP contribution in [0.15, 0.2) is 59.5 Å². The van der Waals surface area contributed by atoms with E-state index in [-0.39, 0.29) is 26.9 Å². The molecule has 1 aliphatic rings. The Morgan fingerprint density at radius 1 is 0.900 bits per heavy atom. The molecule has 0 aromatic heterocycles. The second kappa shape index (κ2) is 4.31. The lowest BCUT2D eigenvalue weighted by Gasteiger charge is -2.16. The van der Waals surface area contributed by atoms with E-state index in [9.17, 15) is 18.3 Å². The predicted octanol–water partition coefficient (Wildman–Crippen LogP) is 2.40. The molecule has 20 heavy (non-hydrogen) atoms. The zero-order valence-corrected chi connectivity index (χ0v) is 11.1. The Morgan fingerprint density at radius 2 is 1.55 bits per heavy atom. The van der Waals surface area contributed by atoms with Crippen molar-refractivity contribution in [3.8, 4) is 5.75 Å². The largest absolute Gasteiger partial charge is 0.508 e. The molecule has 1 N–H and O–H groups in total. The summed E-state index contributed by atoms with van der Waals surface area (Å²) in [6.07, 6.45) is 1.13. The molecule has 0 saturated carbocycles. The van der Waals surface area contributed by atoms with Crippen molar-refractivity contribution < 1.29 is 18.3 Å². The maximum atomic E-state index is 12.6. The van der Waals surface area contributed by atoms with Gasteiger partial charge in [-0.15, -0.1) is 0 Å². The number of hydrogen-bond acceptors (Lipinski definition) is 4. The minimum absolute atomic E-state index is 0.0237. The van der Waals surface area contributed by atoms with E-state index in [4.69, 9.17) is 0 Å². The first-order valence-electron chi connectivity index (χ1n) is 5.90. The van der Waals surface area contributed by atoms with Gasteiger partial charge in [-0.05, 0) is 42.0 Å². The number of aromatic hydroxyl groups is 1. The average molecular weight is 286 g/mol. The molecule has 0 radical (unpaired) electrons. The number of sulfone groups is 1. The van der Waals surface area contributed by atoms with Gasteiger partial charge >= 0.3 is 0 Å². The van der Waals surface area contributed by atoms with E-state index in [2.05, 4.69) is 0 Å². The van der Waals surface area contributed by atoms with Gasteiger partial charge in [-0.25, -0.2) is 8.42 Å². The molecule has 0 unspecified atom stereocenters. The Morgan fingerprint density at radius 3 is 2.25 bits per heavy atom. The van der Waals surface area contributed by atoms with Gasteiger partial charge in [0.2, 0.25) is 9.84 Å². The van der Waals surface area contributed by atoms with Crippen LogP contribution in [0.1, 0.15) is 15.9 Å². The van der Waals surface area contributed by atoms with Crippen molar-refractivity contribution in [2.75, 3.05) is 0 Å². The quantitative estimate of drug-likeness (QED) is 0.873. The van der Waals surface area contributed by atoms with E-state index in [1.54, 1.807) is 12.1 Å². The highest BCUT2D eigenvalue weighted by atomic mass is 32.2. The Hall–Kier alpha value is -2.40. The van der Waals surface area contributed by atoms with E-state index in [1.165, 1.54) is 36.4 Å². The fourth-order valence-corrected chi connectivity index (χ4v) is 3.82. The third-order valence-corrected chi connectivity index (χ3v) is 5.01. The molecule has 0 amide bonds. The highest BCUT2D eigenvalue weighted by Gasteiger charge is 2.31. The van der Waals surface area contributed by atoms with Gasteiger partial charge in [0, 0.05) is 11.6 Å². The molecule has 100 valence electrons. The van der Waals surface area contributed by atoms with Crippen LogP contribution in [0.25, 0.3) is 4.91 Å². The lowest BCUT2D eigenvalue weighted by Crippen LogP contribution is -2.16. The van der Waals surface area contributed by atoms with Crippen molar-refractivity contribution in [1.29, 1.82) is 0 Å². The minimum atomic E-state index is -3.72. The Bertz CT molecular complexity index is 830. The average Bonchev–Trinajstić information content (AvgIpc) is 2.44. The molecule has 0 bridgehead atoms. The van der Waals surface area contributed by atoms with Crippen molar-refractivity contribution in [1.82, 2.24) is 0 Å². The Balaban J connectivity index is 2.24. The molecule has 2 aromatic rings. The van der Waals surface area contributed by atoms with Crippen LogP contribution in [-0.2, 0) is 9.84 Å². The van der Waals surface area contributed by atoms with Gasteiger partial charge in [0.1, 0.15) is 5.75 Å². The van der Waals surface area contributed by atoms with E-state index >= 15 is 0 Å². The zero-order chi connectivity index (χ0) is 14.3. The van der Waals surface area contributed by atoms with E-state index in [0.717, 1.165) is 6.08 Å². The molecule has 5 heteroatoms. The molecule has 3 rings (SSSR count). The van der Waals surface area contributed by atoms with Gasteiger partial charge in [0.05, 0.1) is 9.80 Å². The number of hydrogen-bond donors (Lipinski definition) is 1. The molecule has 1 heterocycles. The number of rotatable bonds is 1. The van der Waals surface area contributed by atoms with Crippen LogP contribution in [0.3, 0.4) is 0 Å². The first-order valence-corrected chi connectivity index (χ1v) is 7.38. The molecular weight excluding hydrogens is 276 g/mol. The number of carbonyl (C=O) groups excluding carboxylic acids is 1. The first-order chi connectivity index (χ1) is 9.50. The summed E-state index contributed by atoms with van der Waals surface area (Å²) in [6, 6.07) is 11.9. The Kier molecular flexibility index (Phi) is 2.72. The first kappa shape index (κ1) is 12.6. The molecule has 0 aliphatic carbocycles. The van der Waals surface area contributed by atoms with Crippen LogP contribution >= 0.6 is 0 Å². The van der Waals surface area contributed by atoms with Crippen LogP contribution in [0.5, 0.6) is 5.75 Å². The standard InChI is InChI=1S/C15H10O4S/c16-11-7-5-10(6-8-11)15-9-13(17)12-3-1-2-4-14(12)20(15,18)19/h1-9,16H. The number of carbonyl (C=O) groups is 1. The monoisotopic (exact) mass is 286 g/mol. The second-order valence-electron chi connectivity index (χ2n) is 4.42. The number of fused-ring (bicyclic) bond motifs is 1. The summed E-state index contributed by atoms with van der Waals surface area (Å²) < 4.78 is 25.1. The van der Waals surface area contributed by atoms with Crippen molar-refractivity contribution in [3.05, 3.63) is 65.7 Å². The predicted molar refractivity (Wildman–Crippen MR) is 74.0 cm³/mol. The fourth-order valence-electron chi connectivity index (χ4n) is 2.16. The molecule has 2 aromatic carbocycles. The van der Waals surface area contributed by atoms with Crippen LogP contribution < -0.4 is 0 Å². The number of allylic oxidation sites excluding steroid dienone is 1. The topological polar surface area (TPSA) is 71.4 Å². The van der Waals surface area contributed by atoms with Gasteiger partial charge in [-0.2, -0.15) is 0 Å². The van der Waals surface area contributed by atoms with Crippen LogP contribution in [-0.4, -0.2) is 19.3 Å². The third kappa shape index (κ3) is 1.83. The molecule has 0 atom stereocenters. The minimum Gasteiger partial charge on any atom is -0.508 e. The second-order valence-corrected chi connectivity index (χ2v) is 6.31. The fraction of sp³-hybridized carbons (Fsp3) is 0. The van der Waals surface area contributed by atoms with E-state index < -0.39 is 9.84 Å². The van der Waals surface area contributed by atoms with Crippen LogP contribution in [0.4, 0.5) is 0 Å². The summed E-state index contributed by atoms with van der Waals surface area (Å²) in [5.41, 5.74) is 0.570. The van der Waals surface area contributed by atoms with Gasteiger partial charge in [0.15, 0.2) is 5.78 Å². The van der Waals surface area contributed by atoms with E-state index in [1.807, 2.05) is 0 Å². The molecular formula is C15H10O4S. The summed E-state index contributed by atoms with van der Waals surface area (Å²) in [6.45, 7) is 0. The van der Waals surface area contributed by atoms with Gasteiger partial charge < -0.3 is 5.11 Å². The van der Waals surface area contributed by atoms with Crippen molar-refractivity contribution in [3.63, 3.8) is 0 Å². The number of ketones is 1. The number of phenolic OH excluding ortho intramolecular Hbond substituents is 1. The molecule has 1 aliphatic heterocycles. The van der Waals surface area contributed by atoms with Gasteiger partial charge in [-0.1, -0.05) is 12.1 Å². The smallest absolute Gasteiger partial charge is 0.208 e. The van der Waals surface area contributed by atoms with Gasteiger partial charge in [0.25, 0.3) is 0 Å². The summed E-state index contributed by atoms with van der Waals surface area (Å²) in [5, 5.41) is 9.26. The summed E-state index contributed by atoms with van der Waals surface area (Å²) in [5.74, 6) is -0.298. The van der Waals surface area contributed by atoms with Crippen molar-refractivity contribution in [2.45, 2.75) is 4.90 Å². The zero-order valence-electron chi connectivity index (χ0n) is 10.3. The van der Waals surface area contributed by atoms with Crippen molar-refractivity contribution >= 4 is 20.5 Å². The normalized spacial score (nSPS) is 16.4. The highest BCUT2D eigenvalue weighted by molar-refractivity contribution is 8.00. The molecule has 4 nitrogen and oxygen atoms in total. The maximum Gasteiger partial charge on any atom is 0.208 e. The SMILES string of the molecule is O=C1C=C(c2ccc(O)cc2)S(=O)(=O)c2ccccc21. The Labute approximate surface area is 115 Å². The molecule has 0 spiro atoms. The summed E-state index contributed by atoms with van der Waals surface area (Å²) in [4.78, 5) is 12.0. The van der Waals surface area contributed by atoms with Gasteiger partial charge in [-0.3, -0.25) is 4.79 Å². The summed E-state index contributed by atoms with van der Waals surface area (Å²) >= 11 is 0. The van der Waals surface area contributed by atoms with E-state index in [0.29, 0.717) is 5.56 Å². The van der Waals surface area contributed by atoms with Crippen LogP contribution in [0, 0.1) is 0 Å². The molecule has 0 fully saturated rings. The third-order valence-electron chi connectivity index (χ3n) is 3.15. The van der Waals surface area contributed by atoms with Crippen molar-refractivity contribution in [2.24, 2.45) is 0 Å². The lowest BCUT2D eigenvalue weighted by molar-refractivity contribution is 0.104. The lowest BCUT2D eigenvalue weighted by atomic mass is 10.1. The summed E-state index contributed by atoms with van der Waals surface area (Å²) in [7, 11) is -3.72. The van der Waals surface area contributed by atoms with Crippen LogP contribution in [0.2, 0.25) is 0 Å². The highest BCUT2D eigenvalue weighted by Crippen LogP contribution is 2.34. The molecule has 0 saturated heterocycles.